The molecule has 2 aliphatic carbocycles. The van der Waals surface area contributed by atoms with Crippen LogP contribution in [0.15, 0.2) is 46.5 Å². The van der Waals surface area contributed by atoms with Gasteiger partial charge in [0, 0.05) is 11.3 Å². The molecule has 4 rings (SSSR count). The molecule has 0 spiro atoms. The molecule has 2 bridgehead atoms. The largest absolute Gasteiger partial charge is 0.329 e. The molecular formula is C23H24N2O4S2. The number of Topliss-reactive ketones (excluding diaryl/α,β-unsaturated/α-hetero) is 1. The minimum Gasteiger partial charge on any atom is -0.299 e. The van der Waals surface area contributed by atoms with E-state index in [0.29, 0.717) is 28.4 Å². The maximum absolute atomic E-state index is 12.7. The summed E-state index contributed by atoms with van der Waals surface area (Å²) in [6, 6.07) is 9.81. The Morgan fingerprint density at radius 3 is 2.68 bits per heavy atom. The first-order valence-electron chi connectivity index (χ1n) is 10.2. The first-order chi connectivity index (χ1) is 14.6. The molecule has 1 heterocycles. The Balaban J connectivity index is 1.51. The molecule has 1 aromatic carbocycles. The van der Waals surface area contributed by atoms with Gasteiger partial charge in [-0.2, -0.15) is 13.7 Å². The van der Waals surface area contributed by atoms with Crippen molar-refractivity contribution in [2.45, 2.75) is 40.0 Å². The van der Waals surface area contributed by atoms with E-state index in [1.807, 2.05) is 45.0 Å². The van der Waals surface area contributed by atoms with E-state index in [4.69, 9.17) is 4.28 Å². The van der Waals surface area contributed by atoms with Crippen LogP contribution in [0.1, 0.15) is 44.2 Å². The van der Waals surface area contributed by atoms with Crippen LogP contribution in [0.3, 0.4) is 0 Å². The Bertz CT molecular complexity index is 1190. The van der Waals surface area contributed by atoms with Crippen LogP contribution in [-0.2, 0) is 19.2 Å². The Hall–Kier alpha value is -2.37. The van der Waals surface area contributed by atoms with Gasteiger partial charge in [-0.25, -0.2) is 0 Å². The van der Waals surface area contributed by atoms with Crippen molar-refractivity contribution < 1.29 is 17.5 Å². The van der Waals surface area contributed by atoms with E-state index in [1.54, 1.807) is 12.2 Å². The number of hydrogen-bond donors (Lipinski definition) is 0. The highest BCUT2D eigenvalue weighted by atomic mass is 32.2. The summed E-state index contributed by atoms with van der Waals surface area (Å²) in [4.78, 5) is 13.3. The quantitative estimate of drug-likeness (QED) is 0.475. The van der Waals surface area contributed by atoms with Crippen molar-refractivity contribution in [2.75, 3.05) is 5.75 Å². The van der Waals surface area contributed by atoms with E-state index in [1.165, 1.54) is 11.8 Å². The smallest absolute Gasteiger partial charge is 0.299 e. The third-order valence-corrected chi connectivity index (χ3v) is 9.30. The number of thioether (sulfide) groups is 1. The number of fused-ring (bicyclic) bond motifs is 2. The highest BCUT2D eigenvalue weighted by Crippen LogP contribution is 2.64. The Morgan fingerprint density at radius 2 is 2.06 bits per heavy atom. The maximum Gasteiger partial charge on any atom is 0.329 e. The average Bonchev–Trinajstić information content (AvgIpc) is 3.32. The van der Waals surface area contributed by atoms with Crippen LogP contribution in [-0.4, -0.2) is 25.0 Å². The molecule has 0 N–H and O–H groups in total. The number of carbonyl (C=O) groups is 1. The lowest BCUT2D eigenvalue weighted by Gasteiger charge is -2.35. The Labute approximate surface area is 187 Å². The number of aryl methyl sites for hydroxylation is 1. The van der Waals surface area contributed by atoms with E-state index in [9.17, 15) is 18.5 Å². The lowest BCUT2D eigenvalue weighted by molar-refractivity contribution is -0.128. The number of ketones is 1. The number of hydrogen-bond acceptors (Lipinski definition) is 7. The summed E-state index contributed by atoms with van der Waals surface area (Å²) in [6.07, 6.45) is 5.24. The van der Waals surface area contributed by atoms with E-state index in [2.05, 4.69) is 11.2 Å². The number of carbonyl (C=O) groups excluding carboxylic acids is 1. The minimum absolute atomic E-state index is 0.0193. The van der Waals surface area contributed by atoms with Crippen LogP contribution in [0.4, 0.5) is 0 Å². The normalized spacial score (nSPS) is 29.4. The second-order valence-electron chi connectivity index (χ2n) is 8.97. The Morgan fingerprint density at radius 1 is 1.32 bits per heavy atom. The predicted octanol–water partition coefficient (Wildman–Crippen LogP) is 4.59. The highest BCUT2D eigenvalue weighted by molar-refractivity contribution is 8.18. The molecule has 2 saturated carbocycles. The summed E-state index contributed by atoms with van der Waals surface area (Å²) in [7, 11) is -4.04. The number of benzene rings is 1. The fourth-order valence-corrected chi connectivity index (χ4v) is 7.55. The molecule has 6 nitrogen and oxygen atoms in total. The van der Waals surface area contributed by atoms with Gasteiger partial charge in [0.25, 0.3) is 0 Å². The number of oxime groups is 1. The molecule has 1 aromatic rings. The molecule has 8 heteroatoms. The van der Waals surface area contributed by atoms with Gasteiger partial charge >= 0.3 is 10.1 Å². The zero-order chi connectivity index (χ0) is 22.4. The van der Waals surface area contributed by atoms with Crippen LogP contribution < -0.4 is 0 Å². The summed E-state index contributed by atoms with van der Waals surface area (Å²) >= 11 is 1.18. The van der Waals surface area contributed by atoms with Crippen molar-refractivity contribution in [2.24, 2.45) is 21.9 Å². The third kappa shape index (κ3) is 3.64. The summed E-state index contributed by atoms with van der Waals surface area (Å²) < 4.78 is 30.4. The van der Waals surface area contributed by atoms with Gasteiger partial charge in [-0.1, -0.05) is 55.0 Å². The van der Waals surface area contributed by atoms with Gasteiger partial charge in [0.1, 0.15) is 22.6 Å². The monoisotopic (exact) mass is 456 g/mol. The second-order valence-corrected chi connectivity index (χ2v) is 11.6. The minimum atomic E-state index is -4.04. The van der Waals surface area contributed by atoms with Crippen molar-refractivity contribution in [3.8, 4) is 6.07 Å². The molecule has 0 amide bonds. The molecular weight excluding hydrogens is 432 g/mol. The van der Waals surface area contributed by atoms with Gasteiger partial charge in [-0.15, -0.1) is 0 Å². The molecule has 1 aliphatic heterocycles. The predicted molar refractivity (Wildman–Crippen MR) is 121 cm³/mol. The number of nitrogens with zero attached hydrogens (tertiary/aromatic N) is 2. The van der Waals surface area contributed by atoms with Crippen LogP contribution in [0.2, 0.25) is 0 Å². The van der Waals surface area contributed by atoms with E-state index >= 15 is 0 Å². The van der Waals surface area contributed by atoms with Crippen molar-refractivity contribution in [1.29, 1.82) is 5.26 Å². The van der Waals surface area contributed by atoms with Crippen LogP contribution in [0.5, 0.6) is 0 Å². The number of rotatable bonds is 5. The maximum atomic E-state index is 12.7. The van der Waals surface area contributed by atoms with Crippen molar-refractivity contribution in [3.05, 3.63) is 52.4 Å². The standard InChI is InChI=1S/C23H24N2O4S2/c1-15-6-4-5-7-17(15)18(13-24)19-8-9-21(30-19)25-29-31(27,28)14-23-11-10-16(12-20(23)26)22(23,2)3/h4-9,16H,10-12,14H2,1-3H3/b19-18-,25-21+. The molecule has 3 aliphatic rings. The molecule has 2 fully saturated rings. The number of nitriles is 1. The first-order valence-corrected chi connectivity index (χ1v) is 12.6. The van der Waals surface area contributed by atoms with Gasteiger partial charge in [-0.3, -0.25) is 9.08 Å². The van der Waals surface area contributed by atoms with Crippen LogP contribution in [0.25, 0.3) is 5.57 Å². The van der Waals surface area contributed by atoms with Crippen LogP contribution in [0, 0.1) is 35.0 Å². The summed E-state index contributed by atoms with van der Waals surface area (Å²) in [6.45, 7) is 5.90. The first kappa shape index (κ1) is 21.8. The van der Waals surface area contributed by atoms with E-state index < -0.39 is 15.5 Å². The molecule has 2 atom stereocenters. The Kier molecular flexibility index (Phi) is 5.39. The van der Waals surface area contributed by atoms with Gasteiger partial charge in [0.15, 0.2) is 0 Å². The van der Waals surface area contributed by atoms with Crippen molar-refractivity contribution >= 4 is 38.3 Å². The fraction of sp³-hybridized carbons (Fsp3) is 0.435. The molecule has 162 valence electrons. The molecule has 0 saturated heterocycles. The van der Waals surface area contributed by atoms with E-state index in [0.717, 1.165) is 17.5 Å². The van der Waals surface area contributed by atoms with Gasteiger partial charge in [0.2, 0.25) is 0 Å². The molecule has 0 radical (unpaired) electrons. The summed E-state index contributed by atoms with van der Waals surface area (Å²) in [5, 5.41) is 13.8. The van der Waals surface area contributed by atoms with Gasteiger partial charge in [0.05, 0.1) is 11.0 Å². The zero-order valence-corrected chi connectivity index (χ0v) is 19.3. The fourth-order valence-electron chi connectivity index (χ4n) is 5.14. The van der Waals surface area contributed by atoms with E-state index in [-0.39, 0.29) is 22.9 Å². The average molecular weight is 457 g/mol. The van der Waals surface area contributed by atoms with Crippen molar-refractivity contribution in [1.82, 2.24) is 0 Å². The lowest BCUT2D eigenvalue weighted by Crippen LogP contribution is -2.42. The van der Waals surface area contributed by atoms with Gasteiger partial charge < -0.3 is 0 Å². The van der Waals surface area contributed by atoms with Gasteiger partial charge in [-0.05, 0) is 54.4 Å². The lowest BCUT2D eigenvalue weighted by atomic mass is 9.70. The summed E-state index contributed by atoms with van der Waals surface area (Å²) in [5.74, 6) is -0.0951. The second kappa shape index (κ2) is 7.64. The highest BCUT2D eigenvalue weighted by Gasteiger charge is 2.65. The van der Waals surface area contributed by atoms with Crippen molar-refractivity contribution in [3.63, 3.8) is 0 Å². The van der Waals surface area contributed by atoms with Crippen LogP contribution >= 0.6 is 11.8 Å². The molecule has 0 aromatic heterocycles. The third-order valence-electron chi connectivity index (χ3n) is 7.17. The summed E-state index contributed by atoms with van der Waals surface area (Å²) in [5.41, 5.74) is 1.05. The zero-order valence-electron chi connectivity index (χ0n) is 17.7. The number of allylic oxidation sites excluding steroid dienone is 2. The topological polar surface area (TPSA) is 96.6 Å². The SMILES string of the molecule is Cc1ccccc1/C(C#N)=C1C=C/C(=N\OS(=O)(=O)CC23CCC(CC2=O)C3(C)C)S/1. The molecule has 2 unspecified atom stereocenters. The molecule has 31 heavy (non-hydrogen) atoms.